The van der Waals surface area contributed by atoms with E-state index in [1.165, 1.54) is 6.42 Å². The van der Waals surface area contributed by atoms with Crippen molar-refractivity contribution in [2.75, 3.05) is 30.3 Å². The highest BCUT2D eigenvalue weighted by molar-refractivity contribution is 6.37. The molecule has 1 saturated heterocycles. The number of rotatable bonds is 6. The fourth-order valence-electron chi connectivity index (χ4n) is 2.14. The molecule has 20 heavy (non-hydrogen) atoms. The Morgan fingerprint density at radius 1 is 1.25 bits per heavy atom. The number of anilines is 2. The molecule has 1 fully saturated rings. The SMILES string of the molecule is CCCNc1nc(NCC2CCCCO2)c(Cl)cc1Cl. The van der Waals surface area contributed by atoms with Crippen LogP contribution in [0.1, 0.15) is 32.6 Å². The summed E-state index contributed by atoms with van der Waals surface area (Å²) in [5.41, 5.74) is 0. The maximum Gasteiger partial charge on any atom is 0.147 e. The van der Waals surface area contributed by atoms with E-state index in [0.717, 1.165) is 39.0 Å². The molecule has 2 rings (SSSR count). The van der Waals surface area contributed by atoms with Crippen molar-refractivity contribution in [2.24, 2.45) is 0 Å². The van der Waals surface area contributed by atoms with E-state index >= 15 is 0 Å². The summed E-state index contributed by atoms with van der Waals surface area (Å²) in [6.45, 7) is 4.49. The Hall–Kier alpha value is -0.710. The molecule has 1 unspecified atom stereocenters. The van der Waals surface area contributed by atoms with Crippen molar-refractivity contribution >= 4 is 34.8 Å². The second kappa shape index (κ2) is 7.91. The largest absolute Gasteiger partial charge is 0.376 e. The zero-order valence-electron chi connectivity index (χ0n) is 11.7. The van der Waals surface area contributed by atoms with Crippen LogP contribution in [0.15, 0.2) is 6.07 Å². The average molecular weight is 318 g/mol. The van der Waals surface area contributed by atoms with Crippen molar-refractivity contribution in [1.82, 2.24) is 4.98 Å². The van der Waals surface area contributed by atoms with Crippen LogP contribution >= 0.6 is 23.2 Å². The van der Waals surface area contributed by atoms with Gasteiger partial charge in [0.2, 0.25) is 0 Å². The van der Waals surface area contributed by atoms with Gasteiger partial charge in [-0.15, -0.1) is 0 Å². The third-order valence-electron chi connectivity index (χ3n) is 3.24. The number of halogens is 2. The predicted molar refractivity (Wildman–Crippen MR) is 85.1 cm³/mol. The van der Waals surface area contributed by atoms with Gasteiger partial charge in [-0.1, -0.05) is 30.1 Å². The molecule has 1 aromatic heterocycles. The van der Waals surface area contributed by atoms with Gasteiger partial charge in [-0.05, 0) is 31.7 Å². The highest BCUT2D eigenvalue weighted by Gasteiger charge is 2.15. The molecular weight excluding hydrogens is 297 g/mol. The summed E-state index contributed by atoms with van der Waals surface area (Å²) in [6, 6.07) is 1.72. The average Bonchev–Trinajstić information content (AvgIpc) is 2.46. The van der Waals surface area contributed by atoms with Gasteiger partial charge in [-0.3, -0.25) is 0 Å². The molecule has 0 spiro atoms. The molecule has 2 heterocycles. The first-order valence-corrected chi connectivity index (χ1v) is 7.91. The Morgan fingerprint density at radius 3 is 2.65 bits per heavy atom. The van der Waals surface area contributed by atoms with Gasteiger partial charge in [0.1, 0.15) is 11.6 Å². The van der Waals surface area contributed by atoms with Gasteiger partial charge < -0.3 is 15.4 Å². The van der Waals surface area contributed by atoms with E-state index in [2.05, 4.69) is 22.5 Å². The molecule has 0 bridgehead atoms. The lowest BCUT2D eigenvalue weighted by atomic mass is 10.1. The van der Waals surface area contributed by atoms with Crippen molar-refractivity contribution < 1.29 is 4.74 Å². The third-order valence-corrected chi connectivity index (χ3v) is 3.82. The van der Waals surface area contributed by atoms with E-state index in [0.29, 0.717) is 21.7 Å². The van der Waals surface area contributed by atoms with Crippen LogP contribution in [0.2, 0.25) is 10.0 Å². The van der Waals surface area contributed by atoms with Crippen LogP contribution in [-0.4, -0.2) is 30.8 Å². The van der Waals surface area contributed by atoms with Gasteiger partial charge in [0, 0.05) is 19.7 Å². The summed E-state index contributed by atoms with van der Waals surface area (Å²) in [5, 5.41) is 7.53. The van der Waals surface area contributed by atoms with E-state index in [1.807, 2.05) is 0 Å². The summed E-state index contributed by atoms with van der Waals surface area (Å²) in [6.07, 6.45) is 4.71. The fourth-order valence-corrected chi connectivity index (χ4v) is 2.63. The van der Waals surface area contributed by atoms with Crippen molar-refractivity contribution in [2.45, 2.75) is 38.7 Å². The first-order chi connectivity index (χ1) is 9.70. The Morgan fingerprint density at radius 2 is 2.00 bits per heavy atom. The number of pyridine rings is 1. The predicted octanol–water partition coefficient (Wildman–Crippen LogP) is 4.19. The van der Waals surface area contributed by atoms with Crippen LogP contribution in [0, 0.1) is 0 Å². The van der Waals surface area contributed by atoms with Crippen molar-refractivity contribution in [3.63, 3.8) is 0 Å². The number of nitrogens with one attached hydrogen (secondary N) is 2. The molecule has 1 aliphatic rings. The molecule has 1 aliphatic heterocycles. The van der Waals surface area contributed by atoms with Gasteiger partial charge in [0.05, 0.1) is 16.1 Å². The topological polar surface area (TPSA) is 46.2 Å². The lowest BCUT2D eigenvalue weighted by Gasteiger charge is -2.23. The van der Waals surface area contributed by atoms with Crippen LogP contribution in [0.25, 0.3) is 0 Å². The highest BCUT2D eigenvalue weighted by atomic mass is 35.5. The maximum absolute atomic E-state index is 6.18. The summed E-state index contributed by atoms with van der Waals surface area (Å²) < 4.78 is 5.68. The quantitative estimate of drug-likeness (QED) is 0.825. The lowest BCUT2D eigenvalue weighted by molar-refractivity contribution is 0.0247. The van der Waals surface area contributed by atoms with Crippen LogP contribution in [0.3, 0.4) is 0 Å². The summed E-state index contributed by atoms with van der Waals surface area (Å²) >= 11 is 12.3. The number of ether oxygens (including phenoxy) is 1. The van der Waals surface area contributed by atoms with E-state index in [1.54, 1.807) is 6.07 Å². The molecule has 0 radical (unpaired) electrons. The van der Waals surface area contributed by atoms with Crippen LogP contribution in [0.5, 0.6) is 0 Å². The molecule has 0 aliphatic carbocycles. The third kappa shape index (κ3) is 4.40. The van der Waals surface area contributed by atoms with Crippen LogP contribution in [-0.2, 0) is 4.74 Å². The molecule has 1 aromatic rings. The highest BCUT2D eigenvalue weighted by Crippen LogP contribution is 2.29. The summed E-state index contributed by atoms with van der Waals surface area (Å²) in [7, 11) is 0. The molecule has 6 heteroatoms. The first-order valence-electron chi connectivity index (χ1n) is 7.16. The van der Waals surface area contributed by atoms with Gasteiger partial charge >= 0.3 is 0 Å². The van der Waals surface area contributed by atoms with Gasteiger partial charge in [-0.25, -0.2) is 4.98 Å². The molecule has 4 nitrogen and oxygen atoms in total. The molecule has 2 N–H and O–H groups in total. The van der Waals surface area contributed by atoms with Crippen LogP contribution in [0.4, 0.5) is 11.6 Å². The van der Waals surface area contributed by atoms with E-state index in [9.17, 15) is 0 Å². The van der Waals surface area contributed by atoms with E-state index < -0.39 is 0 Å². The number of hydrogen-bond donors (Lipinski definition) is 2. The molecule has 1 atom stereocenters. The smallest absolute Gasteiger partial charge is 0.147 e. The van der Waals surface area contributed by atoms with Gasteiger partial charge in [-0.2, -0.15) is 0 Å². The van der Waals surface area contributed by atoms with Crippen molar-refractivity contribution in [1.29, 1.82) is 0 Å². The number of hydrogen-bond acceptors (Lipinski definition) is 4. The normalized spacial score (nSPS) is 18.9. The van der Waals surface area contributed by atoms with E-state index in [-0.39, 0.29) is 6.10 Å². The van der Waals surface area contributed by atoms with E-state index in [4.69, 9.17) is 27.9 Å². The number of nitrogens with zero attached hydrogens (tertiary/aromatic N) is 1. The molecule has 0 amide bonds. The zero-order chi connectivity index (χ0) is 14.4. The molecule has 112 valence electrons. The van der Waals surface area contributed by atoms with Crippen molar-refractivity contribution in [3.8, 4) is 0 Å². The monoisotopic (exact) mass is 317 g/mol. The number of aromatic nitrogens is 1. The molecule has 0 saturated carbocycles. The second-order valence-electron chi connectivity index (χ2n) is 4.95. The fraction of sp³-hybridized carbons (Fsp3) is 0.643. The van der Waals surface area contributed by atoms with Crippen molar-refractivity contribution in [3.05, 3.63) is 16.1 Å². The van der Waals surface area contributed by atoms with Gasteiger partial charge in [0.25, 0.3) is 0 Å². The van der Waals surface area contributed by atoms with Gasteiger partial charge in [0.15, 0.2) is 0 Å². The minimum absolute atomic E-state index is 0.240. The molecular formula is C14H21Cl2N3O. The standard InChI is InChI=1S/C14H21Cl2N3O/c1-2-6-17-13-11(15)8-12(16)14(19-13)18-9-10-5-3-4-7-20-10/h8,10H,2-7,9H2,1H3,(H2,17,18,19). The minimum Gasteiger partial charge on any atom is -0.376 e. The lowest BCUT2D eigenvalue weighted by Crippen LogP contribution is -2.27. The Bertz CT molecular complexity index is 437. The summed E-state index contributed by atoms with van der Waals surface area (Å²) in [4.78, 5) is 4.45. The zero-order valence-corrected chi connectivity index (χ0v) is 13.2. The first kappa shape index (κ1) is 15.7. The Balaban J connectivity index is 1.98. The maximum atomic E-state index is 6.18. The Kier molecular flexibility index (Phi) is 6.20. The van der Waals surface area contributed by atoms with Crippen LogP contribution < -0.4 is 10.6 Å². The Labute approximate surface area is 130 Å². The second-order valence-corrected chi connectivity index (χ2v) is 5.76. The summed E-state index contributed by atoms with van der Waals surface area (Å²) in [5.74, 6) is 1.33. The minimum atomic E-state index is 0.240. The molecule has 0 aromatic carbocycles.